The number of nitrogens with one attached hydrogen (secondary N) is 1. The first-order chi connectivity index (χ1) is 16.9. The van der Waals surface area contributed by atoms with E-state index in [-0.39, 0.29) is 19.6 Å². The van der Waals surface area contributed by atoms with Gasteiger partial charge in [-0.3, -0.25) is 14.3 Å². The Bertz CT molecular complexity index is 1250. The van der Waals surface area contributed by atoms with Crippen molar-refractivity contribution < 1.29 is 28.8 Å². The number of benzene rings is 2. The van der Waals surface area contributed by atoms with E-state index >= 15 is 0 Å². The maximum Gasteiger partial charge on any atom is 0.344 e. The van der Waals surface area contributed by atoms with E-state index in [4.69, 9.17) is 18.9 Å². The zero-order valence-electron chi connectivity index (χ0n) is 19.1. The van der Waals surface area contributed by atoms with Crippen LogP contribution >= 0.6 is 0 Å². The van der Waals surface area contributed by atoms with Crippen molar-refractivity contribution in [1.29, 1.82) is 0 Å². The van der Waals surface area contributed by atoms with E-state index in [1.165, 1.54) is 10.8 Å². The minimum Gasteiger partial charge on any atom is -0.489 e. The standard InChI is InChI=1S/C25H26N2O8/c1-16-12-27(25(31)26-24(16)30)22-11-20(28)21(35-22)14-34-23(29)15-33-19-9-7-18(8-10-19)32-13-17-5-3-2-4-6-17/h2-10,12,20-22,28H,11,13-15H2,1H3,(H,26,30,31)/t20-,21+,22+/m0/s1. The summed E-state index contributed by atoms with van der Waals surface area (Å²) in [4.78, 5) is 37.9. The van der Waals surface area contributed by atoms with Crippen LogP contribution in [0.3, 0.4) is 0 Å². The topological polar surface area (TPSA) is 129 Å². The Labute approximate surface area is 200 Å². The minimum atomic E-state index is -0.948. The summed E-state index contributed by atoms with van der Waals surface area (Å²) in [6.45, 7) is 1.47. The number of aliphatic hydroxyl groups is 1. The van der Waals surface area contributed by atoms with Gasteiger partial charge in [0.05, 0.1) is 6.10 Å². The molecule has 0 spiro atoms. The lowest BCUT2D eigenvalue weighted by molar-refractivity contribution is -0.152. The fraction of sp³-hybridized carbons (Fsp3) is 0.320. The number of aliphatic hydroxyl groups excluding tert-OH is 1. The van der Waals surface area contributed by atoms with E-state index in [1.807, 2.05) is 30.3 Å². The van der Waals surface area contributed by atoms with Crippen molar-refractivity contribution in [1.82, 2.24) is 9.55 Å². The maximum absolute atomic E-state index is 12.1. The van der Waals surface area contributed by atoms with Crippen LogP contribution in [0.25, 0.3) is 0 Å². The molecule has 0 saturated carbocycles. The number of carbonyl (C=O) groups is 1. The smallest absolute Gasteiger partial charge is 0.344 e. The van der Waals surface area contributed by atoms with E-state index in [9.17, 15) is 19.5 Å². The molecule has 1 saturated heterocycles. The van der Waals surface area contributed by atoms with Gasteiger partial charge in [-0.15, -0.1) is 0 Å². The largest absolute Gasteiger partial charge is 0.489 e. The number of carbonyl (C=O) groups excluding carboxylic acids is 1. The van der Waals surface area contributed by atoms with Gasteiger partial charge in [-0.1, -0.05) is 30.3 Å². The number of aryl methyl sites for hydroxylation is 1. The van der Waals surface area contributed by atoms with Crippen LogP contribution in [-0.4, -0.2) is 46.0 Å². The van der Waals surface area contributed by atoms with Crippen LogP contribution in [0.1, 0.15) is 23.8 Å². The van der Waals surface area contributed by atoms with Gasteiger partial charge >= 0.3 is 11.7 Å². The molecule has 1 fully saturated rings. The predicted molar refractivity (Wildman–Crippen MR) is 124 cm³/mol. The lowest BCUT2D eigenvalue weighted by atomic mass is 10.2. The highest BCUT2D eigenvalue weighted by molar-refractivity contribution is 5.71. The number of rotatable bonds is 9. The number of ether oxygens (including phenoxy) is 4. The van der Waals surface area contributed by atoms with Gasteiger partial charge in [-0.2, -0.15) is 0 Å². The highest BCUT2D eigenvalue weighted by atomic mass is 16.6. The number of esters is 1. The summed E-state index contributed by atoms with van der Waals surface area (Å²) >= 11 is 0. The number of hydrogen-bond acceptors (Lipinski definition) is 8. The van der Waals surface area contributed by atoms with Gasteiger partial charge in [0.25, 0.3) is 5.56 Å². The van der Waals surface area contributed by atoms with Crippen LogP contribution in [0.5, 0.6) is 11.5 Å². The first kappa shape index (κ1) is 24.2. The summed E-state index contributed by atoms with van der Waals surface area (Å²) < 4.78 is 23.2. The molecule has 4 rings (SSSR count). The summed E-state index contributed by atoms with van der Waals surface area (Å²) in [6.07, 6.45) is -1.06. The van der Waals surface area contributed by atoms with Crippen molar-refractivity contribution in [3.05, 3.63) is 92.8 Å². The Morgan fingerprint density at radius 1 is 1.09 bits per heavy atom. The zero-order valence-corrected chi connectivity index (χ0v) is 19.1. The van der Waals surface area contributed by atoms with Crippen molar-refractivity contribution in [2.75, 3.05) is 13.2 Å². The molecule has 10 heteroatoms. The van der Waals surface area contributed by atoms with Crippen LogP contribution in [0.2, 0.25) is 0 Å². The Balaban J connectivity index is 1.21. The van der Waals surface area contributed by atoms with Gasteiger partial charge in [-0.25, -0.2) is 9.59 Å². The number of hydrogen-bond donors (Lipinski definition) is 2. The summed E-state index contributed by atoms with van der Waals surface area (Å²) in [5.74, 6) is 0.507. The van der Waals surface area contributed by atoms with Crippen molar-refractivity contribution in [2.24, 2.45) is 0 Å². The molecule has 3 aromatic rings. The molecule has 10 nitrogen and oxygen atoms in total. The maximum atomic E-state index is 12.1. The quantitative estimate of drug-likeness (QED) is 0.441. The van der Waals surface area contributed by atoms with Crippen LogP contribution in [0.4, 0.5) is 0 Å². The molecule has 2 N–H and O–H groups in total. The highest BCUT2D eigenvalue weighted by Crippen LogP contribution is 2.28. The molecule has 2 aromatic carbocycles. The van der Waals surface area contributed by atoms with E-state index < -0.39 is 35.7 Å². The molecule has 0 bridgehead atoms. The summed E-state index contributed by atoms with van der Waals surface area (Å²) in [7, 11) is 0. The molecule has 35 heavy (non-hydrogen) atoms. The summed E-state index contributed by atoms with van der Waals surface area (Å²) in [5, 5.41) is 10.3. The highest BCUT2D eigenvalue weighted by Gasteiger charge is 2.36. The molecule has 2 heterocycles. The van der Waals surface area contributed by atoms with Crippen molar-refractivity contribution in [3.63, 3.8) is 0 Å². The van der Waals surface area contributed by atoms with E-state index in [2.05, 4.69) is 4.98 Å². The third-order valence-electron chi connectivity index (χ3n) is 5.50. The van der Waals surface area contributed by atoms with Gasteiger partial charge in [0.15, 0.2) is 6.61 Å². The van der Waals surface area contributed by atoms with Gasteiger partial charge in [0, 0.05) is 18.2 Å². The average molecular weight is 482 g/mol. The average Bonchev–Trinajstić information content (AvgIpc) is 3.23. The minimum absolute atomic E-state index is 0.114. The molecule has 0 unspecified atom stereocenters. The number of aromatic nitrogens is 2. The fourth-order valence-electron chi connectivity index (χ4n) is 3.57. The second kappa shape index (κ2) is 11.0. The molecule has 0 aliphatic carbocycles. The van der Waals surface area contributed by atoms with Crippen LogP contribution < -0.4 is 20.7 Å². The molecule has 1 aliphatic rings. The lowest BCUT2D eigenvalue weighted by Gasteiger charge is -2.16. The lowest BCUT2D eigenvalue weighted by Crippen LogP contribution is -2.33. The second-order valence-corrected chi connectivity index (χ2v) is 8.13. The van der Waals surface area contributed by atoms with Crippen LogP contribution in [-0.2, 0) is 20.9 Å². The van der Waals surface area contributed by atoms with E-state index in [0.717, 1.165) is 5.56 Å². The summed E-state index contributed by atoms with van der Waals surface area (Å²) in [5.41, 5.74) is 0.273. The molecule has 0 radical (unpaired) electrons. The molecular weight excluding hydrogens is 456 g/mol. The van der Waals surface area contributed by atoms with Crippen LogP contribution in [0.15, 0.2) is 70.4 Å². The normalized spacial score (nSPS) is 19.3. The van der Waals surface area contributed by atoms with Gasteiger partial charge in [0.2, 0.25) is 0 Å². The number of aromatic amines is 1. The number of H-pyrrole nitrogens is 1. The Kier molecular flexibility index (Phi) is 7.64. The van der Waals surface area contributed by atoms with Gasteiger partial charge in [0.1, 0.15) is 37.0 Å². The third kappa shape index (κ3) is 6.37. The van der Waals surface area contributed by atoms with Crippen molar-refractivity contribution >= 4 is 5.97 Å². The molecule has 3 atom stereocenters. The SMILES string of the molecule is Cc1cn([C@H]2C[C@H](O)[C@@H](COC(=O)COc3ccc(OCc4ccccc4)cc3)O2)c(=O)[nH]c1=O. The summed E-state index contributed by atoms with van der Waals surface area (Å²) in [6, 6.07) is 16.6. The molecule has 184 valence electrons. The predicted octanol–water partition coefficient (Wildman–Crippen LogP) is 1.69. The number of nitrogens with zero attached hydrogens (tertiary/aromatic N) is 1. The van der Waals surface area contributed by atoms with Crippen LogP contribution in [0, 0.1) is 6.92 Å². The first-order valence-corrected chi connectivity index (χ1v) is 11.1. The van der Waals surface area contributed by atoms with Crippen molar-refractivity contribution in [2.45, 2.75) is 38.4 Å². The zero-order chi connectivity index (χ0) is 24.8. The van der Waals surface area contributed by atoms with E-state index in [1.54, 1.807) is 31.2 Å². The molecule has 0 amide bonds. The molecular formula is C25H26N2O8. The second-order valence-electron chi connectivity index (χ2n) is 8.13. The van der Waals surface area contributed by atoms with Gasteiger partial charge < -0.3 is 24.1 Å². The Hall–Kier alpha value is -3.89. The van der Waals surface area contributed by atoms with Gasteiger partial charge in [-0.05, 0) is 36.8 Å². The van der Waals surface area contributed by atoms with Crippen molar-refractivity contribution in [3.8, 4) is 11.5 Å². The Morgan fingerprint density at radius 2 is 1.77 bits per heavy atom. The first-order valence-electron chi connectivity index (χ1n) is 11.1. The third-order valence-corrected chi connectivity index (χ3v) is 5.50. The van der Waals surface area contributed by atoms with E-state index in [0.29, 0.717) is 23.7 Å². The fourth-order valence-corrected chi connectivity index (χ4v) is 3.57. The monoisotopic (exact) mass is 482 g/mol. The molecule has 1 aromatic heterocycles. The Morgan fingerprint density at radius 3 is 2.49 bits per heavy atom. The molecule has 1 aliphatic heterocycles.